The van der Waals surface area contributed by atoms with Gasteiger partial charge < -0.3 is 0 Å². The van der Waals surface area contributed by atoms with Crippen LogP contribution in [0.2, 0.25) is 0 Å². The molecule has 2 fully saturated rings. The molecule has 2 unspecified atom stereocenters. The van der Waals surface area contributed by atoms with Crippen molar-refractivity contribution >= 4 is 5.78 Å². The standard InChI is InChI=1S/C14H25NO/c1-11-6-5-7-12(2)15(11)10-14(16)13-8-3-4-9-13/h11-13H,3-10H2,1-2H3. The molecule has 92 valence electrons. The Morgan fingerprint density at radius 3 is 2.12 bits per heavy atom. The molecular weight excluding hydrogens is 198 g/mol. The van der Waals surface area contributed by atoms with Crippen LogP contribution in [0.3, 0.4) is 0 Å². The fourth-order valence-corrected chi connectivity index (χ4v) is 3.34. The van der Waals surface area contributed by atoms with Crippen LogP contribution in [-0.2, 0) is 4.79 Å². The van der Waals surface area contributed by atoms with E-state index < -0.39 is 0 Å². The van der Waals surface area contributed by atoms with E-state index in [1.165, 1.54) is 32.1 Å². The Kier molecular flexibility index (Phi) is 4.01. The van der Waals surface area contributed by atoms with E-state index in [1.807, 2.05) is 0 Å². The minimum absolute atomic E-state index is 0.390. The molecule has 2 heteroatoms. The number of carbonyl (C=O) groups excluding carboxylic acids is 1. The average molecular weight is 223 g/mol. The lowest BCUT2D eigenvalue weighted by Crippen LogP contribution is -2.47. The molecule has 0 spiro atoms. The average Bonchev–Trinajstić information content (AvgIpc) is 2.76. The number of likely N-dealkylation sites (tertiary alicyclic amines) is 1. The van der Waals surface area contributed by atoms with Gasteiger partial charge in [0.25, 0.3) is 0 Å². The largest absolute Gasteiger partial charge is 0.298 e. The molecule has 0 amide bonds. The van der Waals surface area contributed by atoms with Crippen molar-refractivity contribution in [1.29, 1.82) is 0 Å². The van der Waals surface area contributed by atoms with E-state index in [2.05, 4.69) is 18.7 Å². The van der Waals surface area contributed by atoms with Gasteiger partial charge in [-0.05, 0) is 39.5 Å². The summed E-state index contributed by atoms with van der Waals surface area (Å²) in [7, 11) is 0. The van der Waals surface area contributed by atoms with Crippen molar-refractivity contribution in [2.75, 3.05) is 6.54 Å². The Morgan fingerprint density at radius 1 is 1.00 bits per heavy atom. The Morgan fingerprint density at radius 2 is 1.56 bits per heavy atom. The van der Waals surface area contributed by atoms with Gasteiger partial charge in [-0.2, -0.15) is 0 Å². The van der Waals surface area contributed by atoms with E-state index in [1.54, 1.807) is 0 Å². The minimum atomic E-state index is 0.390. The number of piperidine rings is 1. The van der Waals surface area contributed by atoms with Crippen LogP contribution < -0.4 is 0 Å². The minimum Gasteiger partial charge on any atom is -0.298 e. The molecule has 1 saturated carbocycles. The van der Waals surface area contributed by atoms with Crippen LogP contribution in [0, 0.1) is 5.92 Å². The first-order chi connectivity index (χ1) is 7.68. The highest BCUT2D eigenvalue weighted by atomic mass is 16.1. The number of carbonyl (C=O) groups is 1. The summed E-state index contributed by atoms with van der Waals surface area (Å²) in [5, 5.41) is 0. The third-order valence-electron chi connectivity index (χ3n) is 4.53. The number of rotatable bonds is 3. The first-order valence-corrected chi connectivity index (χ1v) is 6.97. The molecule has 1 heterocycles. The third-order valence-corrected chi connectivity index (χ3v) is 4.53. The summed E-state index contributed by atoms with van der Waals surface area (Å²) in [6, 6.07) is 1.21. The molecule has 2 rings (SSSR count). The molecule has 16 heavy (non-hydrogen) atoms. The summed E-state index contributed by atoms with van der Waals surface area (Å²) in [4.78, 5) is 14.6. The molecular formula is C14H25NO. The fraction of sp³-hybridized carbons (Fsp3) is 0.929. The second kappa shape index (κ2) is 5.31. The highest BCUT2D eigenvalue weighted by Gasteiger charge is 2.30. The van der Waals surface area contributed by atoms with Crippen LogP contribution in [0.5, 0.6) is 0 Å². The Balaban J connectivity index is 1.88. The highest BCUT2D eigenvalue weighted by molar-refractivity contribution is 5.83. The molecule has 0 N–H and O–H groups in total. The lowest BCUT2D eigenvalue weighted by Gasteiger charge is -2.38. The van der Waals surface area contributed by atoms with E-state index in [9.17, 15) is 4.79 Å². The number of ketones is 1. The van der Waals surface area contributed by atoms with Crippen molar-refractivity contribution < 1.29 is 4.79 Å². The van der Waals surface area contributed by atoms with Crippen molar-refractivity contribution in [3.8, 4) is 0 Å². The first kappa shape index (κ1) is 12.1. The van der Waals surface area contributed by atoms with Crippen molar-refractivity contribution in [1.82, 2.24) is 4.90 Å². The normalized spacial score (nSPS) is 33.1. The molecule has 0 aromatic rings. The SMILES string of the molecule is CC1CCCC(C)N1CC(=O)C1CCCC1. The van der Waals surface area contributed by atoms with Gasteiger partial charge >= 0.3 is 0 Å². The summed E-state index contributed by atoms with van der Waals surface area (Å²) in [6.07, 6.45) is 8.69. The molecule has 2 nitrogen and oxygen atoms in total. The van der Waals surface area contributed by atoms with Crippen LogP contribution >= 0.6 is 0 Å². The van der Waals surface area contributed by atoms with E-state index in [-0.39, 0.29) is 0 Å². The molecule has 1 aliphatic carbocycles. The predicted octanol–water partition coefficient (Wildman–Crippen LogP) is 3.01. The van der Waals surface area contributed by atoms with E-state index >= 15 is 0 Å². The number of nitrogens with zero attached hydrogens (tertiary/aromatic N) is 1. The Hall–Kier alpha value is -0.370. The Labute approximate surface area is 99.4 Å². The molecule has 0 aromatic heterocycles. The first-order valence-electron chi connectivity index (χ1n) is 6.97. The molecule has 0 aromatic carbocycles. The lowest BCUT2D eigenvalue weighted by molar-refractivity contribution is -0.125. The van der Waals surface area contributed by atoms with Gasteiger partial charge in [0.15, 0.2) is 0 Å². The smallest absolute Gasteiger partial charge is 0.149 e. The van der Waals surface area contributed by atoms with Gasteiger partial charge in [0.1, 0.15) is 5.78 Å². The van der Waals surface area contributed by atoms with Gasteiger partial charge in [-0.25, -0.2) is 0 Å². The van der Waals surface area contributed by atoms with Crippen LogP contribution in [0.4, 0.5) is 0 Å². The lowest BCUT2D eigenvalue weighted by atomic mass is 9.95. The zero-order chi connectivity index (χ0) is 11.5. The zero-order valence-electron chi connectivity index (χ0n) is 10.7. The van der Waals surface area contributed by atoms with E-state index in [4.69, 9.17) is 0 Å². The molecule has 2 aliphatic rings. The molecule has 0 radical (unpaired) electrons. The van der Waals surface area contributed by atoms with Gasteiger partial charge in [0, 0.05) is 18.0 Å². The highest BCUT2D eigenvalue weighted by Crippen LogP contribution is 2.28. The van der Waals surface area contributed by atoms with Crippen molar-refractivity contribution in [2.45, 2.75) is 70.9 Å². The van der Waals surface area contributed by atoms with Gasteiger partial charge in [0.2, 0.25) is 0 Å². The molecule has 2 atom stereocenters. The number of hydrogen-bond donors (Lipinski definition) is 0. The zero-order valence-corrected chi connectivity index (χ0v) is 10.7. The van der Waals surface area contributed by atoms with Crippen LogP contribution in [0.15, 0.2) is 0 Å². The Bertz CT molecular complexity index is 235. The van der Waals surface area contributed by atoms with Crippen molar-refractivity contribution in [3.63, 3.8) is 0 Å². The number of Topliss-reactive ketones (excluding diaryl/α,β-unsaturated/α-hetero) is 1. The van der Waals surface area contributed by atoms with E-state index in [0.29, 0.717) is 30.3 Å². The monoisotopic (exact) mass is 223 g/mol. The van der Waals surface area contributed by atoms with E-state index in [0.717, 1.165) is 12.8 Å². The maximum Gasteiger partial charge on any atom is 0.149 e. The summed E-state index contributed by atoms with van der Waals surface area (Å²) < 4.78 is 0. The summed E-state index contributed by atoms with van der Waals surface area (Å²) in [5.41, 5.74) is 0. The van der Waals surface area contributed by atoms with Gasteiger partial charge in [-0.1, -0.05) is 19.3 Å². The summed E-state index contributed by atoms with van der Waals surface area (Å²) in [6.45, 7) is 5.27. The molecule has 1 saturated heterocycles. The second-order valence-electron chi connectivity index (χ2n) is 5.75. The third kappa shape index (κ3) is 2.65. The van der Waals surface area contributed by atoms with Crippen molar-refractivity contribution in [3.05, 3.63) is 0 Å². The predicted molar refractivity (Wildman–Crippen MR) is 66.4 cm³/mol. The van der Waals surface area contributed by atoms with Crippen molar-refractivity contribution in [2.24, 2.45) is 5.92 Å². The second-order valence-corrected chi connectivity index (χ2v) is 5.75. The van der Waals surface area contributed by atoms with Crippen LogP contribution in [-0.4, -0.2) is 29.3 Å². The summed E-state index contributed by atoms with van der Waals surface area (Å²) >= 11 is 0. The molecule has 1 aliphatic heterocycles. The summed E-state index contributed by atoms with van der Waals surface area (Å²) in [5.74, 6) is 0.902. The topological polar surface area (TPSA) is 20.3 Å². The number of hydrogen-bond acceptors (Lipinski definition) is 2. The molecule has 0 bridgehead atoms. The fourth-order valence-electron chi connectivity index (χ4n) is 3.34. The van der Waals surface area contributed by atoms with Gasteiger partial charge in [0.05, 0.1) is 6.54 Å². The maximum absolute atomic E-state index is 12.2. The van der Waals surface area contributed by atoms with Crippen LogP contribution in [0.25, 0.3) is 0 Å². The van der Waals surface area contributed by atoms with Gasteiger partial charge in [-0.15, -0.1) is 0 Å². The quantitative estimate of drug-likeness (QED) is 0.733. The maximum atomic E-state index is 12.2. The van der Waals surface area contributed by atoms with Crippen LogP contribution in [0.1, 0.15) is 58.8 Å². The van der Waals surface area contributed by atoms with Gasteiger partial charge in [-0.3, -0.25) is 9.69 Å².